The van der Waals surface area contributed by atoms with Gasteiger partial charge in [-0.15, -0.1) is 13.2 Å². The summed E-state index contributed by atoms with van der Waals surface area (Å²) in [6.07, 6.45) is 4.92. The third-order valence-corrected chi connectivity index (χ3v) is 2.71. The number of rotatable bonds is 4. The zero-order chi connectivity index (χ0) is 18.4. The van der Waals surface area contributed by atoms with Gasteiger partial charge in [0.2, 0.25) is 0 Å². The van der Waals surface area contributed by atoms with E-state index in [-0.39, 0.29) is 10.9 Å². The van der Waals surface area contributed by atoms with Gasteiger partial charge in [-0.05, 0) is 38.5 Å². The van der Waals surface area contributed by atoms with E-state index in [9.17, 15) is 4.39 Å². The molecule has 128 valence electrons. The van der Waals surface area contributed by atoms with Crippen LogP contribution in [0.25, 0.3) is 0 Å². The van der Waals surface area contributed by atoms with Gasteiger partial charge in [-0.1, -0.05) is 31.5 Å². The molecule has 1 heterocycles. The lowest BCUT2D eigenvalue weighted by atomic mass is 10.2. The quantitative estimate of drug-likeness (QED) is 0.290. The molecule has 0 bridgehead atoms. The molecule has 0 N–H and O–H groups in total. The van der Waals surface area contributed by atoms with Gasteiger partial charge in [0, 0.05) is 19.0 Å². The minimum atomic E-state index is -0.591. The number of aromatic nitrogens is 1. The van der Waals surface area contributed by atoms with E-state index in [1.807, 2.05) is 33.8 Å². The Morgan fingerprint density at radius 1 is 1.26 bits per heavy atom. The van der Waals surface area contributed by atoms with E-state index >= 15 is 0 Å². The highest BCUT2D eigenvalue weighted by atomic mass is 35.5. The highest BCUT2D eigenvalue weighted by Gasteiger charge is 2.06. The first kappa shape index (κ1) is 23.3. The standard InChI is InChI=1S/C14H16ClFN2O.C2H6.C2H4/c1-9(11(3)17-4)5-6-10(2)19-14-13(16)7-12(15)8-18-14;2*1-2/h5-8H,1-4H3;1-2H3;1-2H2/b9-5+,10-6+,17-11?;;. The van der Waals surface area contributed by atoms with E-state index < -0.39 is 5.82 Å². The van der Waals surface area contributed by atoms with Gasteiger partial charge in [0.1, 0.15) is 5.76 Å². The fourth-order valence-corrected chi connectivity index (χ4v) is 1.35. The zero-order valence-corrected chi connectivity index (χ0v) is 15.5. The molecular weight excluding hydrogens is 315 g/mol. The fourth-order valence-electron chi connectivity index (χ4n) is 1.20. The van der Waals surface area contributed by atoms with E-state index in [1.54, 1.807) is 20.0 Å². The average Bonchev–Trinajstić information content (AvgIpc) is 2.58. The molecule has 0 saturated carbocycles. The number of halogens is 2. The van der Waals surface area contributed by atoms with Crippen LogP contribution in [0, 0.1) is 5.82 Å². The van der Waals surface area contributed by atoms with Crippen LogP contribution in [0.5, 0.6) is 5.88 Å². The summed E-state index contributed by atoms with van der Waals surface area (Å²) in [7, 11) is 1.73. The van der Waals surface area contributed by atoms with Crippen molar-refractivity contribution in [1.82, 2.24) is 4.98 Å². The Morgan fingerprint density at radius 3 is 2.30 bits per heavy atom. The van der Waals surface area contributed by atoms with Crippen molar-refractivity contribution in [3.05, 3.63) is 59.7 Å². The third kappa shape index (κ3) is 9.63. The number of hydrogen-bond acceptors (Lipinski definition) is 3. The molecule has 0 aromatic carbocycles. The lowest BCUT2D eigenvalue weighted by molar-refractivity contribution is 0.381. The van der Waals surface area contributed by atoms with Crippen molar-refractivity contribution < 1.29 is 9.13 Å². The minimum Gasteiger partial charge on any atom is -0.441 e. The van der Waals surface area contributed by atoms with Crippen LogP contribution in [-0.2, 0) is 0 Å². The Hall–Kier alpha value is -1.94. The molecule has 0 saturated heterocycles. The number of hydrogen-bond donors (Lipinski definition) is 0. The Labute approximate surface area is 144 Å². The fraction of sp³-hybridized carbons (Fsp3) is 0.333. The number of allylic oxidation sites excluding steroid dienone is 4. The third-order valence-electron chi connectivity index (χ3n) is 2.51. The second kappa shape index (κ2) is 13.7. The maximum absolute atomic E-state index is 13.5. The van der Waals surface area contributed by atoms with E-state index in [0.717, 1.165) is 17.4 Å². The van der Waals surface area contributed by atoms with Gasteiger partial charge >= 0.3 is 0 Å². The molecule has 1 aromatic rings. The van der Waals surface area contributed by atoms with Crippen molar-refractivity contribution in [1.29, 1.82) is 0 Å². The Bertz CT molecular complexity index is 566. The molecule has 5 heteroatoms. The summed E-state index contributed by atoms with van der Waals surface area (Å²) in [4.78, 5) is 7.85. The smallest absolute Gasteiger partial charge is 0.255 e. The molecule has 0 aliphatic heterocycles. The van der Waals surface area contributed by atoms with Gasteiger partial charge in [-0.25, -0.2) is 9.37 Å². The SMILES string of the molecule is C=C.CC.CN=C(C)/C(C)=C/C=C(\C)Oc1ncc(Cl)cc1F. The molecule has 0 atom stereocenters. The van der Waals surface area contributed by atoms with Crippen molar-refractivity contribution in [2.75, 3.05) is 7.05 Å². The second-order valence-corrected chi connectivity index (χ2v) is 4.42. The molecule has 23 heavy (non-hydrogen) atoms. The Morgan fingerprint density at radius 2 is 1.83 bits per heavy atom. The van der Waals surface area contributed by atoms with E-state index in [1.165, 1.54) is 6.20 Å². The zero-order valence-electron chi connectivity index (χ0n) is 14.8. The van der Waals surface area contributed by atoms with Crippen molar-refractivity contribution in [2.24, 2.45) is 4.99 Å². The molecule has 3 nitrogen and oxygen atoms in total. The molecule has 0 spiro atoms. The van der Waals surface area contributed by atoms with Gasteiger partial charge in [0.15, 0.2) is 5.82 Å². The van der Waals surface area contributed by atoms with Gasteiger partial charge in [0.25, 0.3) is 5.88 Å². The van der Waals surface area contributed by atoms with E-state index in [0.29, 0.717) is 5.76 Å². The van der Waals surface area contributed by atoms with Gasteiger partial charge in [-0.3, -0.25) is 4.99 Å². The Kier molecular flexibility index (Phi) is 13.9. The Balaban J connectivity index is 0. The van der Waals surface area contributed by atoms with Gasteiger partial charge in [-0.2, -0.15) is 0 Å². The van der Waals surface area contributed by atoms with Crippen molar-refractivity contribution in [3.63, 3.8) is 0 Å². The van der Waals surface area contributed by atoms with Crippen LogP contribution in [0.3, 0.4) is 0 Å². The van der Waals surface area contributed by atoms with E-state index in [2.05, 4.69) is 23.1 Å². The molecule has 0 fully saturated rings. The summed E-state index contributed by atoms with van der Waals surface area (Å²) >= 11 is 5.61. The van der Waals surface area contributed by atoms with Crippen LogP contribution in [0.1, 0.15) is 34.6 Å². The van der Waals surface area contributed by atoms with Crippen LogP contribution in [0.2, 0.25) is 5.02 Å². The maximum atomic E-state index is 13.5. The first-order valence-corrected chi connectivity index (χ1v) is 7.59. The average molecular weight is 341 g/mol. The molecular formula is C18H26ClFN2O. The molecule has 0 radical (unpaired) electrons. The topological polar surface area (TPSA) is 34.5 Å². The van der Waals surface area contributed by atoms with Crippen molar-refractivity contribution >= 4 is 17.3 Å². The molecule has 1 rings (SSSR count). The number of pyridine rings is 1. The molecule has 1 aromatic heterocycles. The first-order valence-electron chi connectivity index (χ1n) is 7.22. The lowest BCUT2D eigenvalue weighted by Crippen LogP contribution is -1.97. The normalized spacial score (nSPS) is 11.7. The summed E-state index contributed by atoms with van der Waals surface area (Å²) < 4.78 is 18.8. The summed E-state index contributed by atoms with van der Waals surface area (Å²) in [6, 6.07) is 1.16. The largest absolute Gasteiger partial charge is 0.441 e. The molecule has 0 unspecified atom stereocenters. The van der Waals surface area contributed by atoms with Crippen LogP contribution >= 0.6 is 11.6 Å². The summed E-state index contributed by atoms with van der Waals surface area (Å²) in [6.45, 7) is 15.6. The highest BCUT2D eigenvalue weighted by molar-refractivity contribution is 6.30. The summed E-state index contributed by atoms with van der Waals surface area (Å²) in [5.41, 5.74) is 1.94. The number of aliphatic imine (C=N–C) groups is 1. The van der Waals surface area contributed by atoms with Gasteiger partial charge < -0.3 is 4.74 Å². The molecule has 0 amide bonds. The first-order chi connectivity index (χ1) is 10.9. The van der Waals surface area contributed by atoms with Crippen molar-refractivity contribution in [3.8, 4) is 5.88 Å². The maximum Gasteiger partial charge on any atom is 0.255 e. The highest BCUT2D eigenvalue weighted by Crippen LogP contribution is 2.19. The molecule has 0 aliphatic carbocycles. The van der Waals surface area contributed by atoms with Crippen LogP contribution in [0.15, 0.2) is 53.9 Å². The van der Waals surface area contributed by atoms with Crippen LogP contribution < -0.4 is 4.74 Å². The van der Waals surface area contributed by atoms with Crippen LogP contribution in [0.4, 0.5) is 4.39 Å². The summed E-state index contributed by atoms with van der Waals surface area (Å²) in [5, 5.41) is 0.233. The van der Waals surface area contributed by atoms with Gasteiger partial charge in [0.05, 0.1) is 5.02 Å². The van der Waals surface area contributed by atoms with Crippen LogP contribution in [-0.4, -0.2) is 17.7 Å². The molecule has 0 aliphatic rings. The predicted molar refractivity (Wildman–Crippen MR) is 99.0 cm³/mol. The predicted octanol–water partition coefficient (Wildman–Crippen LogP) is 6.02. The van der Waals surface area contributed by atoms with E-state index in [4.69, 9.17) is 16.3 Å². The van der Waals surface area contributed by atoms with Crippen molar-refractivity contribution in [2.45, 2.75) is 34.6 Å². The minimum absolute atomic E-state index is 0.0925. The summed E-state index contributed by atoms with van der Waals surface area (Å²) in [5.74, 6) is -0.158. The lowest BCUT2D eigenvalue weighted by Gasteiger charge is -2.05. The monoisotopic (exact) mass is 340 g/mol. The number of nitrogens with zero attached hydrogens (tertiary/aromatic N) is 2. The second-order valence-electron chi connectivity index (χ2n) is 3.98. The number of ether oxygens (including phenoxy) is 1.